The number of H-pyrrole nitrogens is 1. The summed E-state index contributed by atoms with van der Waals surface area (Å²) in [5.74, 6) is 0.884. The second kappa shape index (κ2) is 6.17. The summed E-state index contributed by atoms with van der Waals surface area (Å²) in [7, 11) is 0. The zero-order chi connectivity index (χ0) is 11.9. The summed E-state index contributed by atoms with van der Waals surface area (Å²) in [4.78, 5) is 19.4. The van der Waals surface area contributed by atoms with Gasteiger partial charge in [-0.3, -0.25) is 4.79 Å². The van der Waals surface area contributed by atoms with E-state index in [4.69, 9.17) is 0 Å². The molecule has 5 nitrogen and oxygen atoms in total. The highest BCUT2D eigenvalue weighted by molar-refractivity contribution is 7.12. The summed E-state index contributed by atoms with van der Waals surface area (Å²) >= 11 is 1.45. The zero-order valence-electron chi connectivity index (χ0n) is 9.27. The van der Waals surface area contributed by atoms with E-state index in [0.29, 0.717) is 13.1 Å². The van der Waals surface area contributed by atoms with Gasteiger partial charge in [0.15, 0.2) is 0 Å². The molecular formula is C11H14N4OS. The normalized spacial score (nSPS) is 10.4. The van der Waals surface area contributed by atoms with Crippen molar-refractivity contribution in [3.63, 3.8) is 0 Å². The Hall–Kier alpha value is -1.66. The van der Waals surface area contributed by atoms with Gasteiger partial charge in [-0.15, -0.1) is 11.3 Å². The van der Waals surface area contributed by atoms with Crippen molar-refractivity contribution in [2.24, 2.45) is 0 Å². The number of nitrogens with zero attached hydrogens (tertiary/aromatic N) is 1. The third kappa shape index (κ3) is 3.69. The predicted octanol–water partition coefficient (Wildman–Crippen LogP) is 0.991. The highest BCUT2D eigenvalue weighted by Crippen LogP contribution is 2.07. The van der Waals surface area contributed by atoms with Crippen LogP contribution < -0.4 is 10.6 Å². The Morgan fingerprint density at radius 3 is 3.12 bits per heavy atom. The largest absolute Gasteiger partial charge is 0.350 e. The molecular weight excluding hydrogens is 236 g/mol. The fraction of sp³-hybridized carbons (Fsp3) is 0.273. The van der Waals surface area contributed by atoms with Gasteiger partial charge in [0.05, 0.1) is 11.4 Å². The molecule has 17 heavy (non-hydrogen) atoms. The Morgan fingerprint density at radius 1 is 1.47 bits per heavy atom. The third-order valence-electron chi connectivity index (χ3n) is 2.18. The van der Waals surface area contributed by atoms with Gasteiger partial charge >= 0.3 is 0 Å². The number of hydrogen-bond donors (Lipinski definition) is 3. The van der Waals surface area contributed by atoms with Gasteiger partial charge in [-0.2, -0.15) is 0 Å². The van der Waals surface area contributed by atoms with E-state index in [1.165, 1.54) is 11.3 Å². The summed E-state index contributed by atoms with van der Waals surface area (Å²) in [6.07, 6.45) is 3.51. The quantitative estimate of drug-likeness (QED) is 0.670. The number of rotatable bonds is 6. The zero-order valence-corrected chi connectivity index (χ0v) is 10.1. The molecule has 3 N–H and O–H groups in total. The lowest BCUT2D eigenvalue weighted by atomic mass is 10.4. The van der Waals surface area contributed by atoms with E-state index >= 15 is 0 Å². The van der Waals surface area contributed by atoms with Crippen LogP contribution in [0.1, 0.15) is 15.5 Å². The third-order valence-corrected chi connectivity index (χ3v) is 3.05. The van der Waals surface area contributed by atoms with E-state index in [1.54, 1.807) is 12.4 Å². The van der Waals surface area contributed by atoms with Crippen LogP contribution >= 0.6 is 11.3 Å². The first-order valence-electron chi connectivity index (χ1n) is 5.37. The first-order valence-corrected chi connectivity index (χ1v) is 6.25. The molecule has 2 heterocycles. The second-order valence-corrected chi connectivity index (χ2v) is 4.39. The van der Waals surface area contributed by atoms with Gasteiger partial charge in [0.2, 0.25) is 0 Å². The minimum Gasteiger partial charge on any atom is -0.350 e. The van der Waals surface area contributed by atoms with Crippen molar-refractivity contribution in [2.75, 3.05) is 13.1 Å². The molecule has 0 aromatic carbocycles. The van der Waals surface area contributed by atoms with Gasteiger partial charge in [0.1, 0.15) is 5.82 Å². The molecule has 1 amide bonds. The summed E-state index contributed by atoms with van der Waals surface area (Å²) < 4.78 is 0. The number of hydrogen-bond acceptors (Lipinski definition) is 4. The molecule has 0 aliphatic rings. The van der Waals surface area contributed by atoms with Gasteiger partial charge in [-0.25, -0.2) is 4.98 Å². The van der Waals surface area contributed by atoms with Gasteiger partial charge in [0, 0.05) is 25.5 Å². The van der Waals surface area contributed by atoms with Gasteiger partial charge < -0.3 is 15.6 Å². The van der Waals surface area contributed by atoms with Crippen LogP contribution in [0.4, 0.5) is 0 Å². The van der Waals surface area contributed by atoms with Crippen molar-refractivity contribution < 1.29 is 4.79 Å². The predicted molar refractivity (Wildman–Crippen MR) is 66.9 cm³/mol. The van der Waals surface area contributed by atoms with Gasteiger partial charge in [0.25, 0.3) is 5.91 Å². The number of aromatic nitrogens is 2. The van der Waals surface area contributed by atoms with E-state index in [0.717, 1.165) is 17.2 Å². The average molecular weight is 250 g/mol. The lowest BCUT2D eigenvalue weighted by Crippen LogP contribution is -2.31. The highest BCUT2D eigenvalue weighted by atomic mass is 32.1. The monoisotopic (exact) mass is 250 g/mol. The molecule has 0 radical (unpaired) electrons. The molecule has 0 aliphatic carbocycles. The van der Waals surface area contributed by atoms with Crippen LogP contribution in [0.15, 0.2) is 29.9 Å². The lowest BCUT2D eigenvalue weighted by Gasteiger charge is -2.04. The Kier molecular flexibility index (Phi) is 4.29. The number of imidazole rings is 1. The minimum absolute atomic E-state index is 0.0141. The first kappa shape index (κ1) is 11.8. The van der Waals surface area contributed by atoms with Crippen LogP contribution in [0.2, 0.25) is 0 Å². The van der Waals surface area contributed by atoms with Crippen LogP contribution in [-0.2, 0) is 6.54 Å². The molecule has 0 unspecified atom stereocenters. The van der Waals surface area contributed by atoms with Crippen molar-refractivity contribution in [3.8, 4) is 0 Å². The summed E-state index contributed by atoms with van der Waals surface area (Å²) in [6.45, 7) is 2.01. The van der Waals surface area contributed by atoms with Crippen LogP contribution in [-0.4, -0.2) is 29.0 Å². The molecule has 0 saturated carbocycles. The van der Waals surface area contributed by atoms with Crippen molar-refractivity contribution in [1.82, 2.24) is 20.6 Å². The Bertz CT molecular complexity index is 438. The number of aromatic amines is 1. The maximum atomic E-state index is 11.6. The van der Waals surface area contributed by atoms with Crippen molar-refractivity contribution >= 4 is 17.2 Å². The molecule has 0 atom stereocenters. The number of nitrogens with one attached hydrogen (secondary N) is 3. The summed E-state index contributed by atoms with van der Waals surface area (Å²) in [5, 5.41) is 7.92. The highest BCUT2D eigenvalue weighted by Gasteiger charge is 2.04. The van der Waals surface area contributed by atoms with Crippen molar-refractivity contribution in [2.45, 2.75) is 6.54 Å². The van der Waals surface area contributed by atoms with Crippen LogP contribution in [0.25, 0.3) is 0 Å². The van der Waals surface area contributed by atoms with Gasteiger partial charge in [-0.1, -0.05) is 6.07 Å². The van der Waals surface area contributed by atoms with Crippen molar-refractivity contribution in [3.05, 3.63) is 40.6 Å². The summed E-state index contributed by atoms with van der Waals surface area (Å²) in [6, 6.07) is 3.69. The standard InChI is InChI=1S/C11H14N4OS/c16-11(9-2-1-7-17-9)15-4-3-12-8-10-13-5-6-14-10/h1-2,5-7,12H,3-4,8H2,(H,13,14)(H,15,16). The second-order valence-electron chi connectivity index (χ2n) is 3.45. The molecule has 0 bridgehead atoms. The summed E-state index contributed by atoms with van der Waals surface area (Å²) in [5.41, 5.74) is 0. The van der Waals surface area contributed by atoms with E-state index in [1.807, 2.05) is 17.5 Å². The number of carbonyl (C=O) groups excluding carboxylic acids is 1. The topological polar surface area (TPSA) is 69.8 Å². The van der Waals surface area contributed by atoms with Crippen LogP contribution in [0.5, 0.6) is 0 Å². The molecule has 0 spiro atoms. The first-order chi connectivity index (χ1) is 8.36. The van der Waals surface area contributed by atoms with Crippen LogP contribution in [0.3, 0.4) is 0 Å². The number of thiophene rings is 1. The molecule has 2 rings (SSSR count). The Balaban J connectivity index is 1.59. The fourth-order valence-electron chi connectivity index (χ4n) is 1.36. The van der Waals surface area contributed by atoms with E-state index in [9.17, 15) is 4.79 Å². The average Bonchev–Trinajstić information content (AvgIpc) is 3.01. The molecule has 0 saturated heterocycles. The molecule has 0 aliphatic heterocycles. The fourth-order valence-corrected chi connectivity index (χ4v) is 2.00. The maximum Gasteiger partial charge on any atom is 0.261 e. The Labute approximate surface area is 103 Å². The number of carbonyl (C=O) groups is 1. The molecule has 6 heteroatoms. The minimum atomic E-state index is -0.0141. The lowest BCUT2D eigenvalue weighted by molar-refractivity contribution is 0.0958. The van der Waals surface area contributed by atoms with Gasteiger partial charge in [-0.05, 0) is 11.4 Å². The van der Waals surface area contributed by atoms with Crippen molar-refractivity contribution in [1.29, 1.82) is 0 Å². The Morgan fingerprint density at radius 2 is 2.41 bits per heavy atom. The molecule has 90 valence electrons. The molecule has 0 fully saturated rings. The van der Waals surface area contributed by atoms with E-state index in [2.05, 4.69) is 20.6 Å². The molecule has 2 aromatic heterocycles. The van der Waals surface area contributed by atoms with E-state index < -0.39 is 0 Å². The number of amides is 1. The SMILES string of the molecule is O=C(NCCNCc1ncc[nH]1)c1cccs1. The van der Waals surface area contributed by atoms with Crippen LogP contribution in [0, 0.1) is 0 Å². The molecule has 2 aromatic rings. The smallest absolute Gasteiger partial charge is 0.261 e. The van der Waals surface area contributed by atoms with E-state index in [-0.39, 0.29) is 5.91 Å². The maximum absolute atomic E-state index is 11.6.